The second-order valence-corrected chi connectivity index (χ2v) is 4.62. The van der Waals surface area contributed by atoms with Crippen LogP contribution in [0.3, 0.4) is 0 Å². The minimum absolute atomic E-state index is 0. The van der Waals surface area contributed by atoms with Gasteiger partial charge in [0.2, 0.25) is 0 Å². The van der Waals surface area contributed by atoms with Gasteiger partial charge in [-0.25, -0.2) is 0 Å². The lowest BCUT2D eigenvalue weighted by Gasteiger charge is -2.40. The van der Waals surface area contributed by atoms with E-state index in [1.165, 1.54) is 38.5 Å². The molecule has 72 valence electrons. The van der Waals surface area contributed by atoms with Crippen molar-refractivity contribution in [2.24, 2.45) is 5.41 Å². The maximum Gasteiger partial charge on any atom is -0.0297 e. The molecule has 0 aliphatic heterocycles. The van der Waals surface area contributed by atoms with E-state index in [-0.39, 0.29) is 13.5 Å². The molecule has 12 heavy (non-hydrogen) atoms. The molecule has 2 aliphatic rings. The van der Waals surface area contributed by atoms with Gasteiger partial charge in [-0.05, 0) is 31.1 Å². The Labute approximate surface area is 83.6 Å². The molecule has 2 saturated carbocycles. The number of hydrogen-bond donors (Lipinski definition) is 0. The zero-order chi connectivity index (χ0) is 7.57. The van der Waals surface area contributed by atoms with E-state index in [1.807, 2.05) is 0 Å². The van der Waals surface area contributed by atoms with Crippen LogP contribution in [0, 0.1) is 5.41 Å². The molecular formula is C11H22S. The third-order valence-corrected chi connectivity index (χ3v) is 3.83. The fourth-order valence-corrected chi connectivity index (χ4v) is 3.10. The van der Waals surface area contributed by atoms with Gasteiger partial charge in [0.15, 0.2) is 0 Å². The average Bonchev–Trinajstić information content (AvgIpc) is 2.07. The molecule has 0 aromatic carbocycles. The van der Waals surface area contributed by atoms with Crippen molar-refractivity contribution < 1.29 is 0 Å². The molecule has 2 rings (SSSR count). The van der Waals surface area contributed by atoms with Gasteiger partial charge < -0.3 is 0 Å². The van der Waals surface area contributed by atoms with Crippen LogP contribution in [0.2, 0.25) is 0 Å². The smallest absolute Gasteiger partial charge is 0.0297 e. The summed E-state index contributed by atoms with van der Waals surface area (Å²) in [5, 5.41) is 0. The van der Waals surface area contributed by atoms with Crippen molar-refractivity contribution in [3.63, 3.8) is 0 Å². The van der Waals surface area contributed by atoms with Crippen LogP contribution in [0.5, 0.6) is 0 Å². The molecule has 1 spiro atoms. The molecular weight excluding hydrogens is 164 g/mol. The quantitative estimate of drug-likeness (QED) is 0.536. The topological polar surface area (TPSA) is 0 Å². The maximum atomic E-state index is 1.56. The van der Waals surface area contributed by atoms with E-state index in [9.17, 15) is 0 Å². The van der Waals surface area contributed by atoms with Crippen LogP contribution in [-0.4, -0.2) is 0 Å². The molecule has 0 radical (unpaired) electrons. The van der Waals surface area contributed by atoms with Crippen molar-refractivity contribution >= 4 is 13.5 Å². The summed E-state index contributed by atoms with van der Waals surface area (Å²) in [7, 11) is 0. The minimum atomic E-state index is 0. The van der Waals surface area contributed by atoms with E-state index < -0.39 is 0 Å². The molecule has 0 atom stereocenters. The Morgan fingerprint density at radius 1 is 0.500 bits per heavy atom. The second-order valence-electron chi connectivity index (χ2n) is 4.62. The van der Waals surface area contributed by atoms with Crippen LogP contribution in [-0.2, 0) is 0 Å². The van der Waals surface area contributed by atoms with Gasteiger partial charge in [0, 0.05) is 0 Å². The summed E-state index contributed by atoms with van der Waals surface area (Å²) in [6, 6.07) is 0. The van der Waals surface area contributed by atoms with Gasteiger partial charge >= 0.3 is 0 Å². The molecule has 0 heterocycles. The standard InChI is InChI=1S/C11H20.H2S/c1-3-7-11(8-4-1)9-5-2-6-10-11;/h1-10H2;1H2. The van der Waals surface area contributed by atoms with Crippen LogP contribution in [0.1, 0.15) is 64.2 Å². The third-order valence-electron chi connectivity index (χ3n) is 3.83. The van der Waals surface area contributed by atoms with Gasteiger partial charge in [0.1, 0.15) is 0 Å². The van der Waals surface area contributed by atoms with Crippen molar-refractivity contribution in [2.75, 3.05) is 0 Å². The summed E-state index contributed by atoms with van der Waals surface area (Å²) in [6.45, 7) is 0. The molecule has 0 nitrogen and oxygen atoms in total. The molecule has 2 aliphatic carbocycles. The van der Waals surface area contributed by atoms with Gasteiger partial charge in [-0.2, -0.15) is 13.5 Å². The van der Waals surface area contributed by atoms with Crippen molar-refractivity contribution in [2.45, 2.75) is 64.2 Å². The molecule has 0 N–H and O–H groups in total. The van der Waals surface area contributed by atoms with E-state index in [0.717, 1.165) is 5.41 Å². The van der Waals surface area contributed by atoms with Crippen molar-refractivity contribution in [1.29, 1.82) is 0 Å². The molecule has 2 fully saturated rings. The fourth-order valence-electron chi connectivity index (χ4n) is 3.10. The van der Waals surface area contributed by atoms with Crippen LogP contribution < -0.4 is 0 Å². The zero-order valence-corrected chi connectivity index (χ0v) is 9.07. The lowest BCUT2D eigenvalue weighted by atomic mass is 9.65. The summed E-state index contributed by atoms with van der Waals surface area (Å²) >= 11 is 0. The highest BCUT2D eigenvalue weighted by Crippen LogP contribution is 2.47. The summed E-state index contributed by atoms with van der Waals surface area (Å²) in [5.41, 5.74) is 0.858. The third kappa shape index (κ3) is 2.18. The first kappa shape index (κ1) is 10.4. The first-order chi connectivity index (χ1) is 5.41. The minimum Gasteiger partial charge on any atom is -0.197 e. The van der Waals surface area contributed by atoms with Crippen LogP contribution >= 0.6 is 13.5 Å². The van der Waals surface area contributed by atoms with E-state index in [2.05, 4.69) is 0 Å². The Balaban J connectivity index is 0.000000720. The average molecular weight is 186 g/mol. The first-order valence-electron chi connectivity index (χ1n) is 5.41. The Morgan fingerprint density at radius 2 is 0.833 bits per heavy atom. The van der Waals surface area contributed by atoms with E-state index in [0.29, 0.717) is 0 Å². The lowest BCUT2D eigenvalue weighted by molar-refractivity contribution is 0.124. The van der Waals surface area contributed by atoms with Crippen molar-refractivity contribution in [1.82, 2.24) is 0 Å². The summed E-state index contributed by atoms with van der Waals surface area (Å²) in [5.74, 6) is 0. The summed E-state index contributed by atoms with van der Waals surface area (Å²) < 4.78 is 0. The normalized spacial score (nSPS) is 28.0. The summed E-state index contributed by atoms with van der Waals surface area (Å²) in [4.78, 5) is 0. The van der Waals surface area contributed by atoms with Gasteiger partial charge in [0.05, 0.1) is 0 Å². The molecule has 0 bridgehead atoms. The van der Waals surface area contributed by atoms with Gasteiger partial charge in [-0.3, -0.25) is 0 Å². The van der Waals surface area contributed by atoms with Crippen LogP contribution in [0.15, 0.2) is 0 Å². The van der Waals surface area contributed by atoms with Crippen LogP contribution in [0.4, 0.5) is 0 Å². The Hall–Kier alpha value is 0.350. The molecule has 0 amide bonds. The highest BCUT2D eigenvalue weighted by molar-refractivity contribution is 7.59. The molecule has 0 unspecified atom stereocenters. The molecule has 0 aromatic heterocycles. The zero-order valence-electron chi connectivity index (χ0n) is 8.07. The molecule has 1 heteroatoms. The number of hydrogen-bond acceptors (Lipinski definition) is 0. The second kappa shape index (κ2) is 4.55. The number of rotatable bonds is 0. The Bertz CT molecular complexity index is 99.5. The highest BCUT2D eigenvalue weighted by atomic mass is 32.1. The van der Waals surface area contributed by atoms with Crippen molar-refractivity contribution in [3.05, 3.63) is 0 Å². The Morgan fingerprint density at radius 3 is 1.17 bits per heavy atom. The fraction of sp³-hybridized carbons (Fsp3) is 1.00. The van der Waals surface area contributed by atoms with E-state index >= 15 is 0 Å². The first-order valence-corrected chi connectivity index (χ1v) is 5.41. The summed E-state index contributed by atoms with van der Waals surface area (Å²) in [6.07, 6.45) is 15.4. The van der Waals surface area contributed by atoms with Crippen LogP contribution in [0.25, 0.3) is 0 Å². The lowest BCUT2D eigenvalue weighted by Crippen LogP contribution is -2.26. The Kier molecular flexibility index (Phi) is 3.95. The van der Waals surface area contributed by atoms with Gasteiger partial charge in [0.25, 0.3) is 0 Å². The largest absolute Gasteiger partial charge is 0.197 e. The SMILES string of the molecule is C1CCC2(CC1)CCCCC2.S. The monoisotopic (exact) mass is 186 g/mol. The van der Waals surface area contributed by atoms with Gasteiger partial charge in [-0.15, -0.1) is 0 Å². The van der Waals surface area contributed by atoms with E-state index in [1.54, 1.807) is 25.7 Å². The molecule has 0 aromatic rings. The predicted octanol–water partition coefficient (Wildman–Crippen LogP) is 4.01. The predicted molar refractivity (Wildman–Crippen MR) is 59.0 cm³/mol. The highest BCUT2D eigenvalue weighted by Gasteiger charge is 2.32. The molecule has 0 saturated heterocycles. The maximum absolute atomic E-state index is 1.56. The van der Waals surface area contributed by atoms with E-state index in [4.69, 9.17) is 0 Å². The van der Waals surface area contributed by atoms with Gasteiger partial charge in [-0.1, -0.05) is 38.5 Å². The van der Waals surface area contributed by atoms with Crippen molar-refractivity contribution in [3.8, 4) is 0 Å².